The van der Waals surface area contributed by atoms with E-state index in [-0.39, 0.29) is 23.8 Å². The Morgan fingerprint density at radius 2 is 2.14 bits per heavy atom. The van der Waals surface area contributed by atoms with Crippen LogP contribution in [0.15, 0.2) is 22.8 Å². The molecular formula is C15H23N3O3. The van der Waals surface area contributed by atoms with Gasteiger partial charge in [-0.25, -0.2) is 0 Å². The lowest BCUT2D eigenvalue weighted by Crippen LogP contribution is -2.45. The lowest BCUT2D eigenvalue weighted by atomic mass is 9.96. The highest BCUT2D eigenvalue weighted by atomic mass is 16.3. The second kappa shape index (κ2) is 6.76. The van der Waals surface area contributed by atoms with Crippen molar-refractivity contribution in [3.05, 3.63) is 24.2 Å². The fraction of sp³-hybridized carbons (Fsp3) is 0.600. The van der Waals surface area contributed by atoms with Gasteiger partial charge in [0, 0.05) is 19.0 Å². The monoisotopic (exact) mass is 293 g/mol. The summed E-state index contributed by atoms with van der Waals surface area (Å²) in [5.74, 6) is 0.580. The average molecular weight is 293 g/mol. The summed E-state index contributed by atoms with van der Waals surface area (Å²) < 4.78 is 5.37. The lowest BCUT2D eigenvalue weighted by molar-refractivity contribution is -0.136. The molecule has 1 atom stereocenters. The van der Waals surface area contributed by atoms with Gasteiger partial charge in [-0.3, -0.25) is 14.5 Å². The molecule has 1 aromatic heterocycles. The van der Waals surface area contributed by atoms with Crippen molar-refractivity contribution in [2.24, 2.45) is 11.7 Å². The Morgan fingerprint density at radius 1 is 1.48 bits per heavy atom. The van der Waals surface area contributed by atoms with Crippen LogP contribution < -0.4 is 5.73 Å². The third-order valence-corrected chi connectivity index (χ3v) is 4.25. The van der Waals surface area contributed by atoms with Gasteiger partial charge in [0.15, 0.2) is 0 Å². The lowest BCUT2D eigenvalue weighted by Gasteiger charge is -2.32. The molecule has 2 rings (SSSR count). The van der Waals surface area contributed by atoms with Crippen LogP contribution in [0.2, 0.25) is 0 Å². The molecule has 0 aliphatic carbocycles. The Kier molecular flexibility index (Phi) is 5.01. The fourth-order valence-corrected chi connectivity index (χ4v) is 2.61. The van der Waals surface area contributed by atoms with Gasteiger partial charge in [0.2, 0.25) is 11.8 Å². The van der Waals surface area contributed by atoms with Gasteiger partial charge in [0.1, 0.15) is 5.76 Å². The number of piperidine rings is 1. The van der Waals surface area contributed by atoms with Crippen molar-refractivity contribution in [3.63, 3.8) is 0 Å². The van der Waals surface area contributed by atoms with Crippen LogP contribution in [-0.4, -0.2) is 48.3 Å². The molecule has 116 valence electrons. The molecule has 6 heteroatoms. The molecule has 0 aromatic carbocycles. The van der Waals surface area contributed by atoms with E-state index in [1.54, 1.807) is 6.26 Å². The number of amides is 2. The molecule has 2 N–H and O–H groups in total. The summed E-state index contributed by atoms with van der Waals surface area (Å²) in [5.41, 5.74) is 5.30. The predicted octanol–water partition coefficient (Wildman–Crippen LogP) is 0.996. The van der Waals surface area contributed by atoms with E-state index in [1.807, 2.05) is 35.9 Å². The van der Waals surface area contributed by atoms with Gasteiger partial charge < -0.3 is 15.1 Å². The second-order valence-corrected chi connectivity index (χ2v) is 5.66. The van der Waals surface area contributed by atoms with E-state index in [0.29, 0.717) is 32.5 Å². The smallest absolute Gasteiger partial charge is 0.236 e. The summed E-state index contributed by atoms with van der Waals surface area (Å²) in [5, 5.41) is 0. The highest BCUT2D eigenvalue weighted by molar-refractivity contribution is 5.80. The van der Waals surface area contributed by atoms with Crippen LogP contribution in [0.1, 0.15) is 31.6 Å². The van der Waals surface area contributed by atoms with Crippen LogP contribution in [0.3, 0.4) is 0 Å². The standard InChI is InChI=1S/C15H23N3O3/c1-11(13-4-3-9-21-13)17(2)10-14(19)18-7-5-12(6-8-18)15(16)20/h3-4,9,11-12H,5-8,10H2,1-2H3,(H2,16,20)/t11-/m0/s1. The molecule has 0 radical (unpaired) electrons. The van der Waals surface area contributed by atoms with E-state index < -0.39 is 0 Å². The Morgan fingerprint density at radius 3 is 2.67 bits per heavy atom. The minimum atomic E-state index is -0.259. The molecule has 1 fully saturated rings. The first-order valence-electron chi connectivity index (χ1n) is 7.29. The maximum Gasteiger partial charge on any atom is 0.236 e. The molecular weight excluding hydrogens is 270 g/mol. The third kappa shape index (κ3) is 3.85. The van der Waals surface area contributed by atoms with E-state index in [9.17, 15) is 9.59 Å². The fourth-order valence-electron chi connectivity index (χ4n) is 2.61. The van der Waals surface area contributed by atoms with Crippen molar-refractivity contribution in [3.8, 4) is 0 Å². The zero-order chi connectivity index (χ0) is 15.4. The Hall–Kier alpha value is -1.82. The Labute approximate surface area is 124 Å². The molecule has 1 aliphatic heterocycles. The number of hydrogen-bond acceptors (Lipinski definition) is 4. The molecule has 1 aromatic rings. The van der Waals surface area contributed by atoms with E-state index in [4.69, 9.17) is 10.2 Å². The van der Waals surface area contributed by atoms with Crippen molar-refractivity contribution in [2.75, 3.05) is 26.7 Å². The highest BCUT2D eigenvalue weighted by Crippen LogP contribution is 2.20. The number of primary amides is 1. The number of likely N-dealkylation sites (N-methyl/N-ethyl adjacent to an activating group) is 1. The molecule has 0 bridgehead atoms. The molecule has 0 spiro atoms. The van der Waals surface area contributed by atoms with Gasteiger partial charge in [-0.1, -0.05) is 0 Å². The first-order valence-corrected chi connectivity index (χ1v) is 7.29. The van der Waals surface area contributed by atoms with Crippen LogP contribution in [0, 0.1) is 5.92 Å². The first kappa shape index (κ1) is 15.6. The van der Waals surface area contributed by atoms with Gasteiger partial charge >= 0.3 is 0 Å². The van der Waals surface area contributed by atoms with Crippen molar-refractivity contribution in [1.82, 2.24) is 9.80 Å². The third-order valence-electron chi connectivity index (χ3n) is 4.25. The van der Waals surface area contributed by atoms with Gasteiger partial charge in [0.05, 0.1) is 18.8 Å². The van der Waals surface area contributed by atoms with Crippen LogP contribution in [0.4, 0.5) is 0 Å². The number of furan rings is 1. The molecule has 6 nitrogen and oxygen atoms in total. The maximum absolute atomic E-state index is 12.3. The van der Waals surface area contributed by atoms with E-state index in [2.05, 4.69) is 0 Å². The largest absolute Gasteiger partial charge is 0.468 e. The quantitative estimate of drug-likeness (QED) is 0.878. The van der Waals surface area contributed by atoms with E-state index in [0.717, 1.165) is 5.76 Å². The average Bonchev–Trinajstić information content (AvgIpc) is 3.00. The first-order chi connectivity index (χ1) is 9.99. The van der Waals surface area contributed by atoms with Gasteiger partial charge in [-0.15, -0.1) is 0 Å². The van der Waals surface area contributed by atoms with Crippen LogP contribution in [-0.2, 0) is 9.59 Å². The number of nitrogens with two attached hydrogens (primary N) is 1. The van der Waals surface area contributed by atoms with Gasteiger partial charge in [0.25, 0.3) is 0 Å². The highest BCUT2D eigenvalue weighted by Gasteiger charge is 2.27. The number of nitrogens with zero attached hydrogens (tertiary/aromatic N) is 2. The van der Waals surface area contributed by atoms with Crippen LogP contribution in [0.5, 0.6) is 0 Å². The topological polar surface area (TPSA) is 79.8 Å². The number of hydrogen-bond donors (Lipinski definition) is 1. The summed E-state index contributed by atoms with van der Waals surface area (Å²) in [6, 6.07) is 3.80. The zero-order valence-electron chi connectivity index (χ0n) is 12.6. The molecule has 1 aliphatic rings. The van der Waals surface area contributed by atoms with Crippen LogP contribution in [0.25, 0.3) is 0 Å². The van der Waals surface area contributed by atoms with Crippen LogP contribution >= 0.6 is 0 Å². The normalized spacial score (nSPS) is 18.0. The van der Waals surface area contributed by atoms with E-state index >= 15 is 0 Å². The Balaban J connectivity index is 1.83. The maximum atomic E-state index is 12.3. The second-order valence-electron chi connectivity index (χ2n) is 5.66. The summed E-state index contributed by atoms with van der Waals surface area (Å²) in [4.78, 5) is 27.2. The summed E-state index contributed by atoms with van der Waals surface area (Å²) in [7, 11) is 1.90. The van der Waals surface area contributed by atoms with Gasteiger partial charge in [-0.05, 0) is 38.9 Å². The molecule has 0 unspecified atom stereocenters. The van der Waals surface area contributed by atoms with Crippen molar-refractivity contribution in [1.29, 1.82) is 0 Å². The Bertz CT molecular complexity index is 478. The molecule has 0 saturated carbocycles. The van der Waals surface area contributed by atoms with Crippen molar-refractivity contribution < 1.29 is 14.0 Å². The molecule has 2 heterocycles. The van der Waals surface area contributed by atoms with Crippen molar-refractivity contribution >= 4 is 11.8 Å². The number of carbonyl (C=O) groups excluding carboxylic acids is 2. The SMILES string of the molecule is C[C@@H](c1ccco1)N(C)CC(=O)N1CCC(C(N)=O)CC1. The minimum absolute atomic E-state index is 0.0482. The number of carbonyl (C=O) groups is 2. The van der Waals surface area contributed by atoms with E-state index in [1.165, 1.54) is 0 Å². The summed E-state index contributed by atoms with van der Waals surface area (Å²) in [6.07, 6.45) is 2.97. The molecule has 2 amide bonds. The molecule has 1 saturated heterocycles. The molecule has 21 heavy (non-hydrogen) atoms. The summed E-state index contributed by atoms with van der Waals surface area (Å²) >= 11 is 0. The van der Waals surface area contributed by atoms with Crippen molar-refractivity contribution in [2.45, 2.75) is 25.8 Å². The number of rotatable bonds is 5. The van der Waals surface area contributed by atoms with Gasteiger partial charge in [-0.2, -0.15) is 0 Å². The minimum Gasteiger partial charge on any atom is -0.468 e. The summed E-state index contributed by atoms with van der Waals surface area (Å²) in [6.45, 7) is 3.55. The predicted molar refractivity (Wildman–Crippen MR) is 78.3 cm³/mol. The zero-order valence-corrected chi connectivity index (χ0v) is 12.6. The number of likely N-dealkylation sites (tertiary alicyclic amines) is 1.